The fraction of sp³-hybridized carbons (Fsp3) is 0.333. The molecule has 0 bridgehead atoms. The summed E-state index contributed by atoms with van der Waals surface area (Å²) < 4.78 is 6.65. The molecule has 1 fully saturated rings. The van der Waals surface area contributed by atoms with E-state index in [1.54, 1.807) is 11.3 Å². The van der Waals surface area contributed by atoms with E-state index in [0.29, 0.717) is 11.7 Å². The molecule has 4 rings (SSSR count). The van der Waals surface area contributed by atoms with Crippen LogP contribution in [0, 0.1) is 0 Å². The molecule has 2 N–H and O–H groups in total. The summed E-state index contributed by atoms with van der Waals surface area (Å²) in [7, 11) is 0. The Morgan fingerprint density at radius 2 is 1.95 bits per heavy atom. The highest BCUT2D eigenvalue weighted by molar-refractivity contribution is 7.22. The first kappa shape index (κ1) is 14.5. The van der Waals surface area contributed by atoms with E-state index >= 15 is 0 Å². The van der Waals surface area contributed by atoms with Crippen LogP contribution in [0.2, 0.25) is 0 Å². The summed E-state index contributed by atoms with van der Waals surface area (Å²) in [4.78, 5) is 5.54. The van der Waals surface area contributed by atoms with Crippen molar-refractivity contribution in [1.82, 2.24) is 10.1 Å². The second-order valence-corrected chi connectivity index (χ2v) is 6.52. The van der Waals surface area contributed by atoms with Gasteiger partial charge in [-0.05, 0) is 30.4 Å². The van der Waals surface area contributed by atoms with Gasteiger partial charge in [0.15, 0.2) is 5.82 Å². The number of thiophene rings is 1. The summed E-state index contributed by atoms with van der Waals surface area (Å²) in [6.45, 7) is 0. The van der Waals surface area contributed by atoms with Crippen molar-refractivity contribution in [3.05, 3.63) is 36.2 Å². The molecule has 1 aromatic carbocycles. The van der Waals surface area contributed by atoms with Crippen LogP contribution in [0.1, 0.15) is 31.5 Å². The van der Waals surface area contributed by atoms with Crippen LogP contribution in [0.3, 0.4) is 0 Å². The van der Waals surface area contributed by atoms with Crippen LogP contribution >= 0.6 is 23.7 Å². The molecule has 1 saturated carbocycles. The number of hydrogen-bond donors (Lipinski definition) is 1. The van der Waals surface area contributed by atoms with E-state index in [4.69, 9.17) is 10.3 Å². The van der Waals surface area contributed by atoms with Gasteiger partial charge in [0.1, 0.15) is 0 Å². The van der Waals surface area contributed by atoms with Crippen LogP contribution < -0.4 is 5.73 Å². The molecular weight excluding hydrogens is 306 g/mol. The van der Waals surface area contributed by atoms with Crippen LogP contribution in [-0.4, -0.2) is 10.1 Å². The van der Waals surface area contributed by atoms with E-state index in [2.05, 4.69) is 28.3 Å². The third-order valence-corrected chi connectivity index (χ3v) is 5.11. The lowest BCUT2D eigenvalue weighted by Gasteiger charge is -2.17. The first-order valence-corrected chi connectivity index (χ1v) is 7.68. The van der Waals surface area contributed by atoms with Gasteiger partial charge in [-0.25, -0.2) is 0 Å². The first-order valence-electron chi connectivity index (χ1n) is 6.87. The summed E-state index contributed by atoms with van der Waals surface area (Å²) in [5.41, 5.74) is 5.97. The largest absolute Gasteiger partial charge is 0.333 e. The first-order chi connectivity index (χ1) is 9.74. The van der Waals surface area contributed by atoms with Crippen molar-refractivity contribution in [3.8, 4) is 10.8 Å². The Bertz CT molecular complexity index is 728. The quantitative estimate of drug-likeness (QED) is 0.771. The molecule has 110 valence electrons. The predicted octanol–water partition coefficient (Wildman–Crippen LogP) is 4.10. The van der Waals surface area contributed by atoms with Crippen LogP contribution in [0.4, 0.5) is 0 Å². The van der Waals surface area contributed by atoms with E-state index < -0.39 is 5.54 Å². The van der Waals surface area contributed by atoms with Crippen molar-refractivity contribution < 1.29 is 4.52 Å². The van der Waals surface area contributed by atoms with Crippen molar-refractivity contribution in [1.29, 1.82) is 0 Å². The number of hydrogen-bond acceptors (Lipinski definition) is 5. The molecule has 1 aliphatic rings. The summed E-state index contributed by atoms with van der Waals surface area (Å²) in [6.07, 6.45) is 4.17. The van der Waals surface area contributed by atoms with E-state index in [0.717, 1.165) is 30.6 Å². The van der Waals surface area contributed by atoms with Crippen molar-refractivity contribution in [3.63, 3.8) is 0 Å². The summed E-state index contributed by atoms with van der Waals surface area (Å²) in [6, 6.07) is 10.4. The highest BCUT2D eigenvalue weighted by Gasteiger charge is 2.36. The molecule has 2 heterocycles. The molecule has 1 aliphatic carbocycles. The molecule has 0 spiro atoms. The van der Waals surface area contributed by atoms with Gasteiger partial charge in [-0.2, -0.15) is 4.98 Å². The van der Waals surface area contributed by atoms with Crippen LogP contribution in [-0.2, 0) is 5.54 Å². The molecule has 3 aromatic rings. The average molecular weight is 322 g/mol. The Balaban J connectivity index is 0.00000132. The Morgan fingerprint density at radius 3 is 2.71 bits per heavy atom. The van der Waals surface area contributed by atoms with Gasteiger partial charge in [0, 0.05) is 4.70 Å². The van der Waals surface area contributed by atoms with Crippen molar-refractivity contribution in [2.24, 2.45) is 5.73 Å². The van der Waals surface area contributed by atoms with Crippen molar-refractivity contribution in [2.45, 2.75) is 31.2 Å². The van der Waals surface area contributed by atoms with Crippen LogP contribution in [0.5, 0.6) is 0 Å². The summed E-state index contributed by atoms with van der Waals surface area (Å²) in [5, 5.41) is 5.32. The van der Waals surface area contributed by atoms with Gasteiger partial charge in [0.05, 0.1) is 10.4 Å². The molecule has 0 radical (unpaired) electrons. The SMILES string of the molecule is Cl.NC1(c2noc(-c3cc4ccccc4s3)n2)CCCC1. The fourth-order valence-electron chi connectivity index (χ4n) is 2.84. The van der Waals surface area contributed by atoms with Gasteiger partial charge in [-0.3, -0.25) is 0 Å². The van der Waals surface area contributed by atoms with Gasteiger partial charge in [0.2, 0.25) is 0 Å². The summed E-state index contributed by atoms with van der Waals surface area (Å²) >= 11 is 1.67. The zero-order chi connectivity index (χ0) is 13.6. The number of fused-ring (bicyclic) bond motifs is 1. The van der Waals surface area contributed by atoms with Crippen molar-refractivity contribution in [2.75, 3.05) is 0 Å². The topological polar surface area (TPSA) is 64.9 Å². The van der Waals surface area contributed by atoms with Gasteiger partial charge in [-0.15, -0.1) is 23.7 Å². The molecule has 21 heavy (non-hydrogen) atoms. The number of halogens is 1. The molecule has 6 heteroatoms. The highest BCUT2D eigenvalue weighted by atomic mass is 35.5. The molecule has 0 unspecified atom stereocenters. The minimum Gasteiger partial charge on any atom is -0.333 e. The maximum absolute atomic E-state index is 6.37. The van der Waals surface area contributed by atoms with E-state index in [-0.39, 0.29) is 12.4 Å². The zero-order valence-corrected chi connectivity index (χ0v) is 13.0. The lowest BCUT2D eigenvalue weighted by Crippen LogP contribution is -2.34. The molecule has 0 atom stereocenters. The lowest BCUT2D eigenvalue weighted by atomic mass is 9.99. The molecular formula is C15H16ClN3OS. The predicted molar refractivity (Wildman–Crippen MR) is 86.7 cm³/mol. The molecule has 4 nitrogen and oxygen atoms in total. The fourth-order valence-corrected chi connectivity index (χ4v) is 3.83. The third-order valence-electron chi connectivity index (χ3n) is 4.00. The minimum atomic E-state index is -0.390. The molecule has 2 aromatic heterocycles. The van der Waals surface area contributed by atoms with Crippen LogP contribution in [0.25, 0.3) is 20.9 Å². The Morgan fingerprint density at radius 1 is 1.19 bits per heavy atom. The van der Waals surface area contributed by atoms with E-state index in [1.165, 1.54) is 10.1 Å². The zero-order valence-electron chi connectivity index (χ0n) is 11.4. The Hall–Kier alpha value is -1.43. The number of rotatable bonds is 2. The van der Waals surface area contributed by atoms with Crippen molar-refractivity contribution >= 4 is 33.8 Å². The monoisotopic (exact) mass is 321 g/mol. The van der Waals surface area contributed by atoms with Gasteiger partial charge in [-0.1, -0.05) is 36.2 Å². The molecule has 0 aliphatic heterocycles. The smallest absolute Gasteiger partial charge is 0.268 e. The summed E-state index contributed by atoms with van der Waals surface area (Å²) in [5.74, 6) is 1.24. The maximum atomic E-state index is 6.37. The number of nitrogens with zero attached hydrogens (tertiary/aromatic N) is 2. The van der Waals surface area contributed by atoms with Crippen LogP contribution in [0.15, 0.2) is 34.9 Å². The van der Waals surface area contributed by atoms with Gasteiger partial charge >= 0.3 is 0 Å². The molecule has 0 amide bonds. The Labute approximate surface area is 132 Å². The maximum Gasteiger partial charge on any atom is 0.268 e. The second-order valence-electron chi connectivity index (χ2n) is 5.43. The lowest BCUT2D eigenvalue weighted by molar-refractivity contribution is 0.373. The Kier molecular flexibility index (Phi) is 3.73. The number of benzene rings is 1. The highest BCUT2D eigenvalue weighted by Crippen LogP contribution is 2.37. The second kappa shape index (κ2) is 5.40. The molecule has 0 saturated heterocycles. The van der Waals surface area contributed by atoms with Gasteiger partial charge < -0.3 is 10.3 Å². The standard InChI is InChI=1S/C15H15N3OS.ClH/c16-15(7-3-4-8-15)14-17-13(19-18-14)12-9-10-5-1-2-6-11(10)20-12;/h1-2,5-6,9H,3-4,7-8,16H2;1H. The van der Waals surface area contributed by atoms with Gasteiger partial charge in [0.25, 0.3) is 5.89 Å². The average Bonchev–Trinajstić information content (AvgIpc) is 3.17. The van der Waals surface area contributed by atoms with E-state index in [9.17, 15) is 0 Å². The minimum absolute atomic E-state index is 0. The number of aromatic nitrogens is 2. The number of nitrogens with two attached hydrogens (primary N) is 1. The normalized spacial score (nSPS) is 17.0. The van der Waals surface area contributed by atoms with E-state index in [1.807, 2.05) is 12.1 Å². The third kappa shape index (κ3) is 2.46.